The number of fused-ring (bicyclic) bond motifs is 7. The Labute approximate surface area is 386 Å². The molecule has 4 heterocycles. The molecule has 4 saturated heterocycles. The Kier molecular flexibility index (Phi) is 15.6. The first-order chi connectivity index (χ1) is 31.3. The molecule has 0 aromatic rings. The number of hydrogen-bond acceptors (Lipinski definition) is 20. The summed E-state index contributed by atoms with van der Waals surface area (Å²) in [5, 5.41) is 126. The summed E-state index contributed by atoms with van der Waals surface area (Å²) < 4.78 is 49.1. The van der Waals surface area contributed by atoms with Crippen LogP contribution >= 0.6 is 0 Å². The van der Waals surface area contributed by atoms with Crippen molar-refractivity contribution < 1.29 is 99.2 Å². The van der Waals surface area contributed by atoms with Gasteiger partial charge in [-0.25, -0.2) is 0 Å². The van der Waals surface area contributed by atoms with Gasteiger partial charge in [-0.3, -0.25) is 0 Å². The third-order valence-corrected chi connectivity index (χ3v) is 18.3. The van der Waals surface area contributed by atoms with Crippen LogP contribution in [0.5, 0.6) is 0 Å². The van der Waals surface area contributed by atoms with Crippen LogP contribution in [0.3, 0.4) is 0 Å². The van der Waals surface area contributed by atoms with Crippen molar-refractivity contribution in [3.8, 4) is 0 Å². The van der Waals surface area contributed by atoms with Crippen molar-refractivity contribution in [1.82, 2.24) is 0 Å². The third-order valence-electron chi connectivity index (χ3n) is 18.3. The number of methoxy groups -OCH3 is 1. The molecule has 4 saturated carbocycles. The molecule has 0 unspecified atom stereocenters. The summed E-state index contributed by atoms with van der Waals surface area (Å²) in [5.74, 6) is -0.0455. The highest BCUT2D eigenvalue weighted by Crippen LogP contribution is 2.71. The molecule has 28 atom stereocenters. The Hall–Kier alpha value is -0.800. The van der Waals surface area contributed by atoms with E-state index in [-0.39, 0.29) is 59.0 Å². The van der Waals surface area contributed by atoms with E-state index in [1.807, 2.05) is 6.92 Å². The van der Waals surface area contributed by atoms with E-state index < -0.39 is 130 Å². The van der Waals surface area contributed by atoms with Crippen LogP contribution in [0.2, 0.25) is 0 Å². The van der Waals surface area contributed by atoms with E-state index in [1.54, 1.807) is 7.11 Å². The summed E-state index contributed by atoms with van der Waals surface area (Å²) in [6, 6.07) is 0. The maximum absolute atomic E-state index is 11.8. The van der Waals surface area contributed by atoms with Gasteiger partial charge in [0, 0.05) is 19.4 Å². The second-order valence-electron chi connectivity index (χ2n) is 21.8. The highest BCUT2D eigenvalue weighted by molar-refractivity contribution is 5.16. The highest BCUT2D eigenvalue weighted by atomic mass is 16.7. The Bertz CT molecular complexity index is 1610. The van der Waals surface area contributed by atoms with E-state index in [0.29, 0.717) is 38.0 Å². The van der Waals surface area contributed by atoms with Gasteiger partial charge in [0.2, 0.25) is 0 Å². The molecule has 4 aliphatic heterocycles. The summed E-state index contributed by atoms with van der Waals surface area (Å²) in [7, 11) is 1.69. The predicted molar refractivity (Wildman–Crippen MR) is 225 cm³/mol. The molecule has 20 nitrogen and oxygen atoms in total. The topological polar surface area (TPSA) is 317 Å². The number of aliphatic hydroxyl groups is 12. The lowest BCUT2D eigenvalue weighted by molar-refractivity contribution is -0.369. The van der Waals surface area contributed by atoms with Crippen molar-refractivity contribution in [3.63, 3.8) is 0 Å². The molecule has 382 valence electrons. The van der Waals surface area contributed by atoms with Gasteiger partial charge in [-0.15, -0.1) is 0 Å². The second-order valence-corrected chi connectivity index (χ2v) is 21.8. The minimum absolute atomic E-state index is 0.0228. The Morgan fingerprint density at radius 2 is 1.20 bits per heavy atom. The maximum Gasteiger partial charge on any atom is 0.187 e. The molecule has 20 heteroatoms. The zero-order chi connectivity index (χ0) is 47.8. The normalized spacial score (nSPS) is 55.4. The first-order valence-electron chi connectivity index (χ1n) is 24.3. The van der Waals surface area contributed by atoms with Crippen LogP contribution in [0, 0.1) is 52.3 Å². The fraction of sp³-hybridized carbons (Fsp3) is 1.00. The minimum atomic E-state index is -1.81. The van der Waals surface area contributed by atoms with E-state index in [1.165, 1.54) is 0 Å². The van der Waals surface area contributed by atoms with Crippen molar-refractivity contribution in [2.24, 2.45) is 52.3 Å². The van der Waals surface area contributed by atoms with Crippen molar-refractivity contribution in [2.45, 2.75) is 202 Å². The summed E-state index contributed by atoms with van der Waals surface area (Å²) in [5.41, 5.74) is -0.354. The van der Waals surface area contributed by atoms with Crippen molar-refractivity contribution in [2.75, 3.05) is 33.5 Å². The number of ether oxygens (including phenoxy) is 8. The van der Waals surface area contributed by atoms with Gasteiger partial charge < -0.3 is 99.2 Å². The fourth-order valence-electron chi connectivity index (χ4n) is 14.5. The molecule has 0 amide bonds. The first kappa shape index (κ1) is 51.6. The molecular formula is C46H78O20. The summed E-state index contributed by atoms with van der Waals surface area (Å²) in [6.07, 6.45) is -17.1. The average molecular weight is 951 g/mol. The molecule has 0 spiro atoms. The summed E-state index contributed by atoms with van der Waals surface area (Å²) in [4.78, 5) is 0. The zero-order valence-corrected chi connectivity index (χ0v) is 38.8. The van der Waals surface area contributed by atoms with Gasteiger partial charge in [0.15, 0.2) is 24.7 Å². The largest absolute Gasteiger partial charge is 0.394 e. The Morgan fingerprint density at radius 1 is 0.621 bits per heavy atom. The smallest absolute Gasteiger partial charge is 0.187 e. The molecule has 0 bridgehead atoms. The summed E-state index contributed by atoms with van der Waals surface area (Å²) in [6.45, 7) is 7.17. The Balaban J connectivity index is 0.966. The monoisotopic (exact) mass is 951 g/mol. The fourth-order valence-corrected chi connectivity index (χ4v) is 14.5. The van der Waals surface area contributed by atoms with Crippen LogP contribution in [0.25, 0.3) is 0 Å². The highest BCUT2D eigenvalue weighted by Gasteiger charge is 2.70. The third kappa shape index (κ3) is 8.85. The number of hydrogen-bond donors (Lipinski definition) is 12. The molecule has 8 fully saturated rings. The number of rotatable bonds is 14. The molecule has 0 aromatic heterocycles. The van der Waals surface area contributed by atoms with E-state index in [4.69, 9.17) is 37.9 Å². The van der Waals surface area contributed by atoms with Gasteiger partial charge in [0.05, 0.1) is 44.7 Å². The van der Waals surface area contributed by atoms with E-state index in [9.17, 15) is 61.3 Å². The molecule has 4 aliphatic carbocycles. The molecule has 8 aliphatic rings. The Morgan fingerprint density at radius 3 is 1.82 bits per heavy atom. The van der Waals surface area contributed by atoms with Crippen LogP contribution in [0.4, 0.5) is 0 Å². The van der Waals surface area contributed by atoms with E-state index >= 15 is 0 Å². The molecule has 0 radical (unpaired) electrons. The van der Waals surface area contributed by atoms with E-state index in [0.717, 1.165) is 25.7 Å². The zero-order valence-electron chi connectivity index (χ0n) is 38.8. The number of aliphatic hydroxyl groups excluding tert-OH is 12. The van der Waals surface area contributed by atoms with Gasteiger partial charge in [0.25, 0.3) is 0 Å². The minimum Gasteiger partial charge on any atom is -0.394 e. The van der Waals surface area contributed by atoms with Crippen LogP contribution in [-0.4, -0.2) is 211 Å². The first-order valence-corrected chi connectivity index (χ1v) is 24.3. The molecular weight excluding hydrogens is 872 g/mol. The van der Waals surface area contributed by atoms with Gasteiger partial charge >= 0.3 is 0 Å². The van der Waals surface area contributed by atoms with E-state index in [2.05, 4.69) is 20.8 Å². The molecule has 12 N–H and O–H groups in total. The van der Waals surface area contributed by atoms with Crippen molar-refractivity contribution in [1.29, 1.82) is 0 Å². The van der Waals surface area contributed by atoms with Gasteiger partial charge in [-0.05, 0) is 97.7 Å². The standard InChI is InChI=1S/C46H78O20/c1-19(18-60-41-37(56)35(54)32(51)28(15-47)62-41)6-11-46(59-5)20(2)31-27(66-46)14-24-22-13-26(25-12-21(50)7-9-44(25,3)23(22)8-10-45(24,31)4)61-43-39(58)40(34(53)30(17-49)64-43)65-42-38(57)36(55)33(52)29(16-48)63-42/h19-43,47-58H,6-18H2,1-5H3/t19-,20+,21+,22-,23+,24+,25-,26+,27+,28-,29-,30-,31+,32-,33-,34-,35+,36+,37-,38-,39-,40+,41-,42+,43-,44-,45+,46-/m1/s1. The predicted octanol–water partition coefficient (Wildman–Crippen LogP) is -2.15. The van der Waals surface area contributed by atoms with Gasteiger partial charge in [-0.2, -0.15) is 0 Å². The van der Waals surface area contributed by atoms with Gasteiger partial charge in [-0.1, -0.05) is 27.7 Å². The lowest BCUT2D eigenvalue weighted by Crippen LogP contribution is -2.66. The van der Waals surface area contributed by atoms with Crippen LogP contribution in [0.15, 0.2) is 0 Å². The van der Waals surface area contributed by atoms with Crippen molar-refractivity contribution in [3.05, 3.63) is 0 Å². The van der Waals surface area contributed by atoms with Gasteiger partial charge in [0.1, 0.15) is 73.2 Å². The van der Waals surface area contributed by atoms with Crippen LogP contribution in [0.1, 0.15) is 85.5 Å². The average Bonchev–Trinajstić information content (AvgIpc) is 3.76. The van der Waals surface area contributed by atoms with Crippen LogP contribution in [-0.2, 0) is 37.9 Å². The van der Waals surface area contributed by atoms with Crippen LogP contribution < -0.4 is 0 Å². The second kappa shape index (κ2) is 20.0. The summed E-state index contributed by atoms with van der Waals surface area (Å²) >= 11 is 0. The lowest BCUT2D eigenvalue weighted by Gasteiger charge is -2.63. The lowest BCUT2D eigenvalue weighted by atomic mass is 9.43. The molecule has 66 heavy (non-hydrogen) atoms. The molecule has 8 rings (SSSR count). The quantitative estimate of drug-likeness (QED) is 0.0826. The molecule has 0 aromatic carbocycles. The maximum atomic E-state index is 11.8. The SMILES string of the molecule is CO[C@]1(CC[C@@H](C)CO[C@@H]2O[C@H](CO)[C@@H](O)[C@H](O)[C@H]2O)O[C@H]2C[C@H]3[C@@H]4C[C@H](O[C@@H]5O[C@H](CO)[C@@H](O)[C@H](O[C@@H]6O[C@H](CO)[C@@H](O)[C@H](O)[C@H]6O)[C@H]5O)[C@H]5C[C@@H](O)CC[C@]5(C)[C@H]4CC[C@]3(C)[C@H]2[C@@H]1C. The van der Waals surface area contributed by atoms with Crippen molar-refractivity contribution >= 4 is 0 Å².